The van der Waals surface area contributed by atoms with E-state index in [0.717, 1.165) is 0 Å². The molecule has 0 bridgehead atoms. The van der Waals surface area contributed by atoms with Crippen LogP contribution in [-0.4, -0.2) is 36.7 Å². The summed E-state index contributed by atoms with van der Waals surface area (Å²) in [7, 11) is -3.66. The highest BCUT2D eigenvalue weighted by Gasteiger charge is 2.16. The van der Waals surface area contributed by atoms with E-state index in [0.29, 0.717) is 16.4 Å². The van der Waals surface area contributed by atoms with Gasteiger partial charge < -0.3 is 10.7 Å². The zero-order valence-electron chi connectivity index (χ0n) is 14.7. The molecule has 0 atom stereocenters. The van der Waals surface area contributed by atoms with Crippen molar-refractivity contribution in [1.29, 1.82) is 0 Å². The van der Waals surface area contributed by atoms with Crippen LogP contribution in [0.5, 0.6) is 0 Å². The number of thiazole rings is 1. The Bertz CT molecular complexity index is 1130. The number of carbonyl (C=O) groups excluding carboxylic acids is 2. The van der Waals surface area contributed by atoms with Crippen LogP contribution in [0.25, 0.3) is 11.3 Å². The van der Waals surface area contributed by atoms with E-state index in [1.54, 1.807) is 24.6 Å². The molecule has 0 aliphatic rings. The lowest BCUT2D eigenvalue weighted by Gasteiger charge is -2.06. The lowest BCUT2D eigenvalue weighted by molar-refractivity contribution is 0.0994. The molecule has 3 rings (SSSR count). The van der Waals surface area contributed by atoms with E-state index in [-0.39, 0.29) is 22.7 Å². The molecular formula is C17H17N5O4S2. The van der Waals surface area contributed by atoms with Crippen molar-refractivity contribution in [3.8, 4) is 11.3 Å². The lowest BCUT2D eigenvalue weighted by atomic mass is 10.2. The lowest BCUT2D eigenvalue weighted by Crippen LogP contribution is -2.23. The number of aromatic nitrogens is 2. The van der Waals surface area contributed by atoms with Gasteiger partial charge in [-0.05, 0) is 24.3 Å². The van der Waals surface area contributed by atoms with Crippen LogP contribution in [-0.2, 0) is 10.0 Å². The van der Waals surface area contributed by atoms with Gasteiger partial charge >= 0.3 is 0 Å². The molecule has 2 aromatic heterocycles. The Kier molecular flexibility index (Phi) is 5.58. The van der Waals surface area contributed by atoms with Crippen molar-refractivity contribution in [1.82, 2.24) is 14.7 Å². The number of nitrogens with two attached hydrogens (primary N) is 1. The quantitative estimate of drug-likeness (QED) is 0.461. The second kappa shape index (κ2) is 7.92. The molecule has 0 aliphatic heterocycles. The number of nitrogens with zero attached hydrogens (tertiary/aromatic N) is 1. The van der Waals surface area contributed by atoms with Crippen LogP contribution in [0, 0.1) is 0 Å². The van der Waals surface area contributed by atoms with Crippen LogP contribution >= 0.6 is 11.3 Å². The standard InChI is InChI=1S/C17H17N5O4S2/c1-2-20-28(25,26)12-5-3-4-10(6-12)16(24)22-17-21-14(9-27-17)11-7-13(15(18)23)19-8-11/h3-9,19-20H,2H2,1H3,(H2,18,23)(H,21,22,24). The Hall–Kier alpha value is -3.02. The third kappa shape index (κ3) is 4.27. The number of rotatable bonds is 7. The second-order valence-corrected chi connectivity index (χ2v) is 8.31. The number of sulfonamides is 1. The number of primary amides is 1. The van der Waals surface area contributed by atoms with E-state index in [2.05, 4.69) is 20.0 Å². The van der Waals surface area contributed by atoms with Crippen LogP contribution in [0.15, 0.2) is 46.8 Å². The van der Waals surface area contributed by atoms with Gasteiger partial charge in [0.05, 0.1) is 10.6 Å². The molecular weight excluding hydrogens is 402 g/mol. The third-order valence-corrected chi connectivity index (χ3v) is 6.01. The highest BCUT2D eigenvalue weighted by Crippen LogP contribution is 2.26. The molecule has 0 fully saturated rings. The smallest absolute Gasteiger partial charge is 0.265 e. The minimum atomic E-state index is -3.66. The van der Waals surface area contributed by atoms with Crippen LogP contribution in [0.1, 0.15) is 27.8 Å². The number of hydrogen-bond acceptors (Lipinski definition) is 6. The zero-order valence-corrected chi connectivity index (χ0v) is 16.4. The normalized spacial score (nSPS) is 11.3. The van der Waals surface area contributed by atoms with Gasteiger partial charge in [-0.15, -0.1) is 11.3 Å². The summed E-state index contributed by atoms with van der Waals surface area (Å²) < 4.78 is 26.6. The zero-order chi connectivity index (χ0) is 20.3. The molecule has 5 N–H and O–H groups in total. The fraction of sp³-hybridized carbons (Fsp3) is 0.118. The van der Waals surface area contributed by atoms with E-state index in [1.165, 1.54) is 35.6 Å². The van der Waals surface area contributed by atoms with Crippen molar-refractivity contribution in [2.75, 3.05) is 11.9 Å². The number of carbonyl (C=O) groups is 2. The van der Waals surface area contributed by atoms with Gasteiger partial charge in [-0.2, -0.15) is 0 Å². The monoisotopic (exact) mass is 419 g/mol. The minimum absolute atomic E-state index is 0.00753. The van der Waals surface area contributed by atoms with Gasteiger partial charge in [0, 0.05) is 29.2 Å². The third-order valence-electron chi connectivity index (χ3n) is 3.71. The first kappa shape index (κ1) is 19.7. The molecule has 2 amide bonds. The minimum Gasteiger partial charge on any atom is -0.364 e. The van der Waals surface area contributed by atoms with E-state index >= 15 is 0 Å². The highest BCUT2D eigenvalue weighted by atomic mass is 32.2. The fourth-order valence-corrected chi connectivity index (χ4v) is 4.20. The predicted octanol–water partition coefficient (Wildman–Crippen LogP) is 1.79. The Morgan fingerprint density at radius 1 is 1.29 bits per heavy atom. The topological polar surface area (TPSA) is 147 Å². The summed E-state index contributed by atoms with van der Waals surface area (Å²) in [6.07, 6.45) is 1.59. The predicted molar refractivity (Wildman–Crippen MR) is 106 cm³/mol. The van der Waals surface area contributed by atoms with Crippen molar-refractivity contribution < 1.29 is 18.0 Å². The number of nitrogens with one attached hydrogen (secondary N) is 3. The summed E-state index contributed by atoms with van der Waals surface area (Å²) in [5.41, 5.74) is 6.87. The molecule has 3 aromatic rings. The average molecular weight is 419 g/mol. The van der Waals surface area contributed by atoms with Crippen LogP contribution < -0.4 is 15.8 Å². The van der Waals surface area contributed by atoms with Crippen LogP contribution in [0.4, 0.5) is 5.13 Å². The number of benzene rings is 1. The molecule has 11 heteroatoms. The molecule has 2 heterocycles. The summed E-state index contributed by atoms with van der Waals surface area (Å²) in [6, 6.07) is 7.29. The molecule has 0 saturated carbocycles. The van der Waals surface area contributed by atoms with Gasteiger partial charge in [0.15, 0.2) is 5.13 Å². The van der Waals surface area contributed by atoms with Crippen LogP contribution in [0.3, 0.4) is 0 Å². The van der Waals surface area contributed by atoms with Crippen LogP contribution in [0.2, 0.25) is 0 Å². The Morgan fingerprint density at radius 3 is 2.75 bits per heavy atom. The maximum absolute atomic E-state index is 12.5. The summed E-state index contributed by atoms with van der Waals surface area (Å²) in [6.45, 7) is 1.92. The molecule has 28 heavy (non-hydrogen) atoms. The van der Waals surface area contributed by atoms with Gasteiger partial charge in [-0.1, -0.05) is 13.0 Å². The molecule has 1 aromatic carbocycles. The van der Waals surface area contributed by atoms with Crippen molar-refractivity contribution >= 4 is 38.3 Å². The Morgan fingerprint density at radius 2 is 2.07 bits per heavy atom. The average Bonchev–Trinajstić information content (AvgIpc) is 3.31. The molecule has 146 valence electrons. The van der Waals surface area contributed by atoms with Gasteiger partial charge in [0.1, 0.15) is 5.69 Å². The van der Waals surface area contributed by atoms with Gasteiger partial charge in [-0.25, -0.2) is 18.1 Å². The SMILES string of the molecule is CCNS(=O)(=O)c1cccc(C(=O)Nc2nc(-c3c[nH]c(C(N)=O)c3)cs2)c1. The van der Waals surface area contributed by atoms with Gasteiger partial charge in [-0.3, -0.25) is 14.9 Å². The molecule has 0 radical (unpaired) electrons. The summed E-state index contributed by atoms with van der Waals surface area (Å²) >= 11 is 1.20. The first-order valence-corrected chi connectivity index (χ1v) is 10.5. The number of aromatic amines is 1. The highest BCUT2D eigenvalue weighted by molar-refractivity contribution is 7.89. The Labute approximate surface area is 165 Å². The number of hydrogen-bond donors (Lipinski definition) is 4. The molecule has 0 aliphatic carbocycles. The van der Waals surface area contributed by atoms with Gasteiger partial charge in [0.25, 0.3) is 11.8 Å². The second-order valence-electron chi connectivity index (χ2n) is 5.69. The van der Waals surface area contributed by atoms with E-state index in [1.807, 2.05) is 0 Å². The molecule has 0 spiro atoms. The summed E-state index contributed by atoms with van der Waals surface area (Å²) in [5.74, 6) is -1.07. The first-order chi connectivity index (χ1) is 13.3. The largest absolute Gasteiger partial charge is 0.364 e. The molecule has 9 nitrogen and oxygen atoms in total. The van der Waals surface area contributed by atoms with Crippen molar-refractivity contribution in [2.24, 2.45) is 5.73 Å². The van der Waals surface area contributed by atoms with E-state index < -0.39 is 21.8 Å². The number of H-pyrrole nitrogens is 1. The summed E-state index contributed by atoms with van der Waals surface area (Å²) in [4.78, 5) is 30.7. The summed E-state index contributed by atoms with van der Waals surface area (Å²) in [5, 5.41) is 4.69. The van der Waals surface area contributed by atoms with E-state index in [9.17, 15) is 18.0 Å². The Balaban J connectivity index is 1.77. The maximum atomic E-state index is 12.5. The number of amides is 2. The molecule has 0 unspecified atom stereocenters. The fourth-order valence-electron chi connectivity index (χ4n) is 2.40. The first-order valence-electron chi connectivity index (χ1n) is 8.15. The molecule has 0 saturated heterocycles. The van der Waals surface area contributed by atoms with Crippen molar-refractivity contribution in [3.05, 3.63) is 53.2 Å². The van der Waals surface area contributed by atoms with Crippen molar-refractivity contribution in [2.45, 2.75) is 11.8 Å². The van der Waals surface area contributed by atoms with E-state index in [4.69, 9.17) is 5.73 Å². The number of anilines is 1. The van der Waals surface area contributed by atoms with Gasteiger partial charge in [0.2, 0.25) is 10.0 Å². The van der Waals surface area contributed by atoms with Crippen molar-refractivity contribution in [3.63, 3.8) is 0 Å². The maximum Gasteiger partial charge on any atom is 0.265 e.